The molecule has 0 fully saturated rings. The smallest absolute Gasteiger partial charge is 0.257 e. The minimum atomic E-state index is -0.180. The van der Waals surface area contributed by atoms with Crippen molar-refractivity contribution in [1.29, 1.82) is 0 Å². The minimum absolute atomic E-state index is 0.0664. The average molecular weight is 436 g/mol. The fraction of sp³-hybridized carbons (Fsp3) is 0.292. The van der Waals surface area contributed by atoms with Gasteiger partial charge in [0, 0.05) is 35.4 Å². The molecular formula is C24H25N3O3S. The molecule has 0 saturated heterocycles. The van der Waals surface area contributed by atoms with Crippen molar-refractivity contribution in [3.63, 3.8) is 0 Å². The normalized spacial score (nSPS) is 15.2. The molecule has 2 aromatic carbocycles. The van der Waals surface area contributed by atoms with Gasteiger partial charge in [-0.3, -0.25) is 14.9 Å². The molecule has 4 rings (SSSR count). The maximum absolute atomic E-state index is 12.6. The van der Waals surface area contributed by atoms with Crippen LogP contribution in [0.3, 0.4) is 0 Å². The molecule has 6 nitrogen and oxygen atoms in total. The molecule has 1 aliphatic heterocycles. The van der Waals surface area contributed by atoms with Crippen LogP contribution >= 0.6 is 11.3 Å². The number of hydrogen-bond acceptors (Lipinski definition) is 5. The molecule has 0 radical (unpaired) electrons. The Morgan fingerprint density at radius 2 is 1.94 bits per heavy atom. The topological polar surface area (TPSA) is 80.3 Å². The van der Waals surface area contributed by atoms with Gasteiger partial charge in [0.1, 0.15) is 5.75 Å². The highest BCUT2D eigenvalue weighted by molar-refractivity contribution is 7.14. The van der Waals surface area contributed by atoms with Gasteiger partial charge >= 0.3 is 0 Å². The van der Waals surface area contributed by atoms with Gasteiger partial charge in [0.2, 0.25) is 5.91 Å². The van der Waals surface area contributed by atoms with Crippen LogP contribution in [0.5, 0.6) is 5.75 Å². The Hall–Kier alpha value is -3.19. The highest BCUT2D eigenvalue weighted by Gasteiger charge is 2.23. The summed E-state index contributed by atoms with van der Waals surface area (Å²) in [5, 5.41) is 8.32. The van der Waals surface area contributed by atoms with E-state index >= 15 is 0 Å². The Morgan fingerprint density at radius 3 is 2.65 bits per heavy atom. The fourth-order valence-electron chi connectivity index (χ4n) is 3.60. The number of anilines is 1. The molecule has 1 atom stereocenters. The number of rotatable bonds is 5. The average Bonchev–Trinajstić information content (AvgIpc) is 3.22. The number of amides is 2. The van der Waals surface area contributed by atoms with Gasteiger partial charge in [0.25, 0.3) is 5.91 Å². The van der Waals surface area contributed by atoms with Crippen LogP contribution in [-0.2, 0) is 4.79 Å². The summed E-state index contributed by atoms with van der Waals surface area (Å²) in [7, 11) is 0. The molecule has 1 aromatic heterocycles. The van der Waals surface area contributed by atoms with Crippen molar-refractivity contribution in [2.24, 2.45) is 0 Å². The lowest BCUT2D eigenvalue weighted by Crippen LogP contribution is -2.30. The molecule has 2 amide bonds. The first kappa shape index (κ1) is 21.1. The zero-order chi connectivity index (χ0) is 22.0. The highest BCUT2D eigenvalue weighted by atomic mass is 32.1. The van der Waals surface area contributed by atoms with Crippen LogP contribution in [0, 0.1) is 0 Å². The quantitative estimate of drug-likeness (QED) is 0.581. The third-order valence-electron chi connectivity index (χ3n) is 5.29. The summed E-state index contributed by atoms with van der Waals surface area (Å²) in [6, 6.07) is 13.4. The number of thiazole rings is 1. The summed E-state index contributed by atoms with van der Waals surface area (Å²) in [4.78, 5) is 28.7. The van der Waals surface area contributed by atoms with Crippen molar-refractivity contribution in [3.05, 3.63) is 64.5 Å². The van der Waals surface area contributed by atoms with Crippen molar-refractivity contribution >= 4 is 28.3 Å². The highest BCUT2D eigenvalue weighted by Crippen LogP contribution is 2.36. The van der Waals surface area contributed by atoms with E-state index < -0.39 is 0 Å². The van der Waals surface area contributed by atoms with Crippen molar-refractivity contribution < 1.29 is 14.3 Å². The number of ether oxygens (including phenoxy) is 1. The number of carbonyl (C=O) groups is 2. The van der Waals surface area contributed by atoms with Gasteiger partial charge in [-0.15, -0.1) is 11.3 Å². The monoisotopic (exact) mass is 435 g/mol. The van der Waals surface area contributed by atoms with Gasteiger partial charge in [0.05, 0.1) is 18.3 Å². The molecule has 7 heteroatoms. The number of aromatic nitrogens is 1. The largest absolute Gasteiger partial charge is 0.493 e. The molecule has 160 valence electrons. The maximum atomic E-state index is 12.6. The van der Waals surface area contributed by atoms with Crippen LogP contribution in [0.2, 0.25) is 0 Å². The van der Waals surface area contributed by atoms with Gasteiger partial charge < -0.3 is 10.1 Å². The number of benzene rings is 2. The Labute approximate surface area is 185 Å². The maximum Gasteiger partial charge on any atom is 0.257 e. The predicted molar refractivity (Wildman–Crippen MR) is 123 cm³/mol. The van der Waals surface area contributed by atoms with Crippen LogP contribution in [0.15, 0.2) is 47.8 Å². The summed E-state index contributed by atoms with van der Waals surface area (Å²) in [6.45, 7) is 6.34. The molecule has 0 spiro atoms. The van der Waals surface area contributed by atoms with E-state index in [0.717, 1.165) is 29.0 Å². The van der Waals surface area contributed by atoms with Crippen LogP contribution in [-0.4, -0.2) is 23.4 Å². The zero-order valence-corrected chi connectivity index (χ0v) is 18.6. The molecule has 1 aliphatic rings. The number of nitrogens with zero attached hydrogens (tertiary/aromatic N) is 1. The fourth-order valence-corrected chi connectivity index (χ4v) is 4.32. The Balaban J connectivity index is 1.51. The molecular weight excluding hydrogens is 410 g/mol. The van der Waals surface area contributed by atoms with Gasteiger partial charge in [-0.25, -0.2) is 4.98 Å². The Kier molecular flexibility index (Phi) is 6.04. The number of hydrogen-bond donors (Lipinski definition) is 2. The SMILES string of the molecule is CC(=O)NC1CCOc2ccc(-c3csc(NC(=O)c4ccc(C(C)C)cc4)n3)cc21. The first-order valence-electron chi connectivity index (χ1n) is 10.3. The van der Waals surface area contributed by atoms with E-state index in [1.165, 1.54) is 23.8 Å². The molecule has 1 unspecified atom stereocenters. The van der Waals surface area contributed by atoms with Gasteiger partial charge in [-0.2, -0.15) is 0 Å². The minimum Gasteiger partial charge on any atom is -0.493 e. The summed E-state index contributed by atoms with van der Waals surface area (Å²) >= 11 is 1.38. The first-order chi connectivity index (χ1) is 14.9. The van der Waals surface area contributed by atoms with Crippen molar-refractivity contribution in [2.75, 3.05) is 11.9 Å². The number of fused-ring (bicyclic) bond motifs is 1. The molecule has 0 saturated carbocycles. The third-order valence-corrected chi connectivity index (χ3v) is 6.04. The van der Waals surface area contributed by atoms with Crippen LogP contribution in [0.1, 0.15) is 60.6 Å². The summed E-state index contributed by atoms with van der Waals surface area (Å²) in [6.07, 6.45) is 0.726. The Morgan fingerprint density at radius 1 is 1.16 bits per heavy atom. The molecule has 2 N–H and O–H groups in total. The van der Waals surface area contributed by atoms with Crippen LogP contribution < -0.4 is 15.4 Å². The second-order valence-electron chi connectivity index (χ2n) is 7.91. The lowest BCUT2D eigenvalue weighted by atomic mass is 9.97. The number of carbonyl (C=O) groups excluding carboxylic acids is 2. The van der Waals surface area contributed by atoms with Gasteiger partial charge in [-0.05, 0) is 41.8 Å². The van der Waals surface area contributed by atoms with E-state index in [1.807, 2.05) is 47.8 Å². The summed E-state index contributed by atoms with van der Waals surface area (Å²) in [5.74, 6) is 0.956. The molecule has 0 bridgehead atoms. The van der Waals surface area contributed by atoms with E-state index in [2.05, 4.69) is 29.5 Å². The molecule has 0 aliphatic carbocycles. The zero-order valence-electron chi connectivity index (χ0n) is 17.8. The number of nitrogens with one attached hydrogen (secondary N) is 2. The lowest BCUT2D eigenvalue weighted by Gasteiger charge is -2.26. The molecule has 2 heterocycles. The van der Waals surface area contributed by atoms with E-state index in [0.29, 0.717) is 23.2 Å². The molecule has 31 heavy (non-hydrogen) atoms. The van der Waals surface area contributed by atoms with E-state index in [9.17, 15) is 9.59 Å². The van der Waals surface area contributed by atoms with E-state index in [4.69, 9.17) is 4.74 Å². The third kappa shape index (κ3) is 4.77. The Bertz CT molecular complexity index is 1110. The van der Waals surface area contributed by atoms with Crippen molar-refractivity contribution in [3.8, 4) is 17.0 Å². The summed E-state index contributed by atoms with van der Waals surface area (Å²) < 4.78 is 5.73. The van der Waals surface area contributed by atoms with Gasteiger partial charge in [-0.1, -0.05) is 26.0 Å². The van der Waals surface area contributed by atoms with Crippen molar-refractivity contribution in [1.82, 2.24) is 10.3 Å². The van der Waals surface area contributed by atoms with Crippen molar-refractivity contribution in [2.45, 2.75) is 39.2 Å². The standard InChI is InChI=1S/C24H25N3O3S/c1-14(2)16-4-6-17(7-5-16)23(29)27-24-26-21(13-31-24)18-8-9-22-19(12-18)20(10-11-30-22)25-15(3)28/h4-9,12-14,20H,10-11H2,1-3H3,(H,25,28)(H,26,27,29). The second-order valence-corrected chi connectivity index (χ2v) is 8.77. The van der Waals surface area contributed by atoms with E-state index in [-0.39, 0.29) is 17.9 Å². The first-order valence-corrected chi connectivity index (χ1v) is 11.2. The second kappa shape index (κ2) is 8.89. The predicted octanol–water partition coefficient (Wildman–Crippen LogP) is 5.15. The van der Waals surface area contributed by atoms with E-state index in [1.54, 1.807) is 0 Å². The summed E-state index contributed by atoms with van der Waals surface area (Å²) in [5.41, 5.74) is 4.43. The van der Waals surface area contributed by atoms with Gasteiger partial charge in [0.15, 0.2) is 5.13 Å². The molecule has 3 aromatic rings. The lowest BCUT2D eigenvalue weighted by molar-refractivity contribution is -0.119. The van der Waals surface area contributed by atoms with Crippen LogP contribution in [0.25, 0.3) is 11.3 Å². The van der Waals surface area contributed by atoms with Crippen LogP contribution in [0.4, 0.5) is 5.13 Å².